The van der Waals surface area contributed by atoms with Crippen molar-refractivity contribution in [3.8, 4) is 0 Å². The molecule has 0 spiro atoms. The number of nitro groups is 1. The highest BCUT2D eigenvalue weighted by molar-refractivity contribution is 5.92. The number of nitrogens with one attached hydrogen (secondary N) is 2. The van der Waals surface area contributed by atoms with Gasteiger partial charge in [-0.05, 0) is 30.5 Å². The van der Waals surface area contributed by atoms with Gasteiger partial charge in [-0.25, -0.2) is 4.98 Å². The van der Waals surface area contributed by atoms with E-state index in [1.165, 1.54) is 6.07 Å². The van der Waals surface area contributed by atoms with Crippen molar-refractivity contribution in [1.82, 2.24) is 15.3 Å². The highest BCUT2D eigenvalue weighted by atomic mass is 16.6. The summed E-state index contributed by atoms with van der Waals surface area (Å²) in [6.45, 7) is 4.08. The zero-order valence-corrected chi connectivity index (χ0v) is 13.9. The van der Waals surface area contributed by atoms with Gasteiger partial charge in [0, 0.05) is 0 Å². The van der Waals surface area contributed by atoms with Crippen LogP contribution in [0, 0.1) is 16.0 Å². The largest absolute Gasteiger partial charge is 0.433 e. The zero-order chi connectivity index (χ0) is 18.0. The van der Waals surface area contributed by atoms with Gasteiger partial charge in [-0.15, -0.1) is 0 Å². The lowest BCUT2D eigenvalue weighted by Gasteiger charge is -2.18. The summed E-state index contributed by atoms with van der Waals surface area (Å²) in [4.78, 5) is 30.2. The number of furan rings is 1. The molecule has 1 amide bonds. The van der Waals surface area contributed by atoms with Gasteiger partial charge < -0.3 is 14.7 Å². The Morgan fingerprint density at radius 3 is 2.72 bits per heavy atom. The summed E-state index contributed by atoms with van der Waals surface area (Å²) >= 11 is 0. The fourth-order valence-electron chi connectivity index (χ4n) is 2.63. The Balaban J connectivity index is 1.84. The lowest BCUT2D eigenvalue weighted by Crippen LogP contribution is -2.30. The Morgan fingerprint density at radius 2 is 2.08 bits per heavy atom. The van der Waals surface area contributed by atoms with E-state index >= 15 is 0 Å². The van der Waals surface area contributed by atoms with Crippen LogP contribution in [0.5, 0.6) is 0 Å². The van der Waals surface area contributed by atoms with E-state index in [2.05, 4.69) is 15.3 Å². The molecule has 2 aromatic heterocycles. The third-order valence-corrected chi connectivity index (χ3v) is 3.75. The van der Waals surface area contributed by atoms with E-state index in [-0.39, 0.29) is 11.8 Å². The predicted octanol–water partition coefficient (Wildman–Crippen LogP) is 3.58. The second-order valence-electron chi connectivity index (χ2n) is 6.19. The van der Waals surface area contributed by atoms with E-state index in [0.29, 0.717) is 18.2 Å². The molecule has 8 heteroatoms. The van der Waals surface area contributed by atoms with Gasteiger partial charge in [0.05, 0.1) is 23.1 Å². The molecule has 2 heterocycles. The second-order valence-corrected chi connectivity index (χ2v) is 6.19. The standard InChI is InChI=1S/C17H18N4O4/c1-10(2)9-13(16-18-11-5-3-4-6-12(11)19-16)20-17(22)14-7-8-15(25-14)21(23)24/h3-8,10,13H,9H2,1-2H3,(H,18,19)(H,20,22)/t13-/m0/s1. The summed E-state index contributed by atoms with van der Waals surface area (Å²) in [5.74, 6) is -0.126. The Morgan fingerprint density at radius 1 is 1.32 bits per heavy atom. The van der Waals surface area contributed by atoms with E-state index in [1.54, 1.807) is 0 Å². The number of rotatable bonds is 6. The number of hydrogen-bond acceptors (Lipinski definition) is 5. The first-order valence-corrected chi connectivity index (χ1v) is 7.93. The predicted molar refractivity (Wildman–Crippen MR) is 91.1 cm³/mol. The van der Waals surface area contributed by atoms with Crippen LogP contribution >= 0.6 is 0 Å². The summed E-state index contributed by atoms with van der Waals surface area (Å²) in [5, 5.41) is 13.5. The van der Waals surface area contributed by atoms with Gasteiger partial charge >= 0.3 is 5.88 Å². The lowest BCUT2D eigenvalue weighted by molar-refractivity contribution is -0.402. The molecule has 0 unspecified atom stereocenters. The maximum atomic E-state index is 12.4. The average Bonchev–Trinajstić information content (AvgIpc) is 3.20. The number of carbonyl (C=O) groups is 1. The van der Waals surface area contributed by atoms with Gasteiger partial charge in [0.2, 0.25) is 0 Å². The molecule has 0 radical (unpaired) electrons. The first-order valence-electron chi connectivity index (χ1n) is 7.93. The average molecular weight is 342 g/mol. The van der Waals surface area contributed by atoms with Crippen LogP contribution in [-0.2, 0) is 0 Å². The number of hydrogen-bond donors (Lipinski definition) is 2. The molecular weight excluding hydrogens is 324 g/mol. The monoisotopic (exact) mass is 342 g/mol. The highest BCUT2D eigenvalue weighted by Gasteiger charge is 2.23. The van der Waals surface area contributed by atoms with Crippen molar-refractivity contribution in [3.05, 3.63) is 58.1 Å². The summed E-state index contributed by atoms with van der Waals surface area (Å²) in [6.07, 6.45) is 0.661. The minimum atomic E-state index is -0.679. The van der Waals surface area contributed by atoms with Crippen molar-refractivity contribution in [2.24, 2.45) is 5.92 Å². The van der Waals surface area contributed by atoms with Crippen LogP contribution in [0.15, 0.2) is 40.8 Å². The minimum Gasteiger partial charge on any atom is -0.395 e. The van der Waals surface area contributed by atoms with Gasteiger partial charge in [-0.1, -0.05) is 26.0 Å². The third kappa shape index (κ3) is 3.68. The van der Waals surface area contributed by atoms with Crippen LogP contribution < -0.4 is 5.32 Å². The number of carbonyl (C=O) groups excluding carboxylic acids is 1. The molecule has 3 rings (SSSR count). The fourth-order valence-corrected chi connectivity index (χ4v) is 2.63. The normalized spacial score (nSPS) is 12.4. The smallest absolute Gasteiger partial charge is 0.395 e. The molecule has 0 fully saturated rings. The van der Waals surface area contributed by atoms with Crippen molar-refractivity contribution in [2.75, 3.05) is 0 Å². The number of imidazole rings is 1. The molecule has 0 aliphatic heterocycles. The summed E-state index contributed by atoms with van der Waals surface area (Å²) in [6, 6.07) is 9.69. The van der Waals surface area contributed by atoms with Crippen LogP contribution in [0.25, 0.3) is 11.0 Å². The maximum Gasteiger partial charge on any atom is 0.433 e. The Labute approximate surface area is 143 Å². The molecule has 1 aromatic carbocycles. The van der Waals surface area contributed by atoms with Gasteiger partial charge in [0.1, 0.15) is 10.7 Å². The van der Waals surface area contributed by atoms with Crippen molar-refractivity contribution in [1.29, 1.82) is 0 Å². The van der Waals surface area contributed by atoms with Crippen LogP contribution in [0.3, 0.4) is 0 Å². The number of aromatic amines is 1. The molecule has 0 aliphatic rings. The number of benzene rings is 1. The van der Waals surface area contributed by atoms with Crippen molar-refractivity contribution < 1.29 is 14.1 Å². The van der Waals surface area contributed by atoms with E-state index in [1.807, 2.05) is 38.1 Å². The summed E-state index contributed by atoms with van der Waals surface area (Å²) in [5.41, 5.74) is 1.70. The van der Waals surface area contributed by atoms with E-state index in [0.717, 1.165) is 17.1 Å². The molecule has 25 heavy (non-hydrogen) atoms. The number of para-hydroxylation sites is 2. The Kier molecular flexibility index (Phi) is 4.51. The maximum absolute atomic E-state index is 12.4. The molecule has 0 saturated heterocycles. The number of fused-ring (bicyclic) bond motifs is 1. The molecule has 0 saturated carbocycles. The first-order chi connectivity index (χ1) is 11.9. The van der Waals surface area contributed by atoms with Gasteiger partial charge in [0.15, 0.2) is 5.76 Å². The molecule has 2 N–H and O–H groups in total. The first kappa shape index (κ1) is 16.7. The molecule has 0 bridgehead atoms. The van der Waals surface area contributed by atoms with E-state index < -0.39 is 16.7 Å². The van der Waals surface area contributed by atoms with E-state index in [9.17, 15) is 14.9 Å². The number of nitrogens with zero attached hydrogens (tertiary/aromatic N) is 2. The lowest BCUT2D eigenvalue weighted by atomic mass is 10.0. The van der Waals surface area contributed by atoms with Gasteiger partial charge in [-0.2, -0.15) is 0 Å². The summed E-state index contributed by atoms with van der Waals surface area (Å²) < 4.78 is 4.97. The van der Waals surface area contributed by atoms with Crippen LogP contribution in [-0.4, -0.2) is 20.8 Å². The van der Waals surface area contributed by atoms with Gasteiger partial charge in [0.25, 0.3) is 5.91 Å². The number of H-pyrrole nitrogens is 1. The highest BCUT2D eigenvalue weighted by Crippen LogP contribution is 2.23. The second kappa shape index (κ2) is 6.76. The van der Waals surface area contributed by atoms with Crippen LogP contribution in [0.4, 0.5) is 5.88 Å². The molecule has 130 valence electrons. The zero-order valence-electron chi connectivity index (χ0n) is 13.9. The Hall–Kier alpha value is -3.16. The third-order valence-electron chi connectivity index (χ3n) is 3.75. The number of aromatic nitrogens is 2. The number of amides is 1. The van der Waals surface area contributed by atoms with Crippen molar-refractivity contribution >= 4 is 22.8 Å². The van der Waals surface area contributed by atoms with E-state index in [4.69, 9.17) is 4.42 Å². The minimum absolute atomic E-state index is 0.100. The molecule has 3 aromatic rings. The molecule has 8 nitrogen and oxygen atoms in total. The molecule has 0 aliphatic carbocycles. The SMILES string of the molecule is CC(C)C[C@H](NC(=O)c1ccc([N+](=O)[O-])o1)c1nc2ccccc2[nH]1. The van der Waals surface area contributed by atoms with Crippen LogP contribution in [0.2, 0.25) is 0 Å². The molecule has 1 atom stereocenters. The quantitative estimate of drug-likeness (QED) is 0.525. The molecular formula is C17H18N4O4. The Bertz CT molecular complexity index is 879. The van der Waals surface area contributed by atoms with Crippen molar-refractivity contribution in [2.45, 2.75) is 26.3 Å². The van der Waals surface area contributed by atoms with Crippen molar-refractivity contribution in [3.63, 3.8) is 0 Å². The topological polar surface area (TPSA) is 114 Å². The summed E-state index contributed by atoms with van der Waals surface area (Å²) in [7, 11) is 0. The fraction of sp³-hybridized carbons (Fsp3) is 0.294. The van der Waals surface area contributed by atoms with Gasteiger partial charge in [-0.3, -0.25) is 14.9 Å². The van der Waals surface area contributed by atoms with Crippen LogP contribution in [0.1, 0.15) is 42.7 Å².